The van der Waals surface area contributed by atoms with E-state index in [0.717, 1.165) is 23.3 Å². The van der Waals surface area contributed by atoms with Gasteiger partial charge in [0.05, 0.1) is 28.5 Å². The Morgan fingerprint density at radius 1 is 0.745 bits per heavy atom. The quantitative estimate of drug-likeness (QED) is 0.0271. The second kappa shape index (κ2) is 24.8. The van der Waals surface area contributed by atoms with Crippen molar-refractivity contribution >= 4 is 23.3 Å². The number of aliphatic hydroxyl groups excluding tert-OH is 1. The van der Waals surface area contributed by atoms with Gasteiger partial charge in [-0.3, -0.25) is 4.79 Å². The van der Waals surface area contributed by atoms with Crippen molar-refractivity contribution in [2.24, 2.45) is 0 Å². The van der Waals surface area contributed by atoms with Crippen molar-refractivity contribution in [2.75, 3.05) is 0 Å². The molecule has 0 aliphatic heterocycles. The number of rotatable bonds is 12. The van der Waals surface area contributed by atoms with E-state index in [1.165, 1.54) is 25.1 Å². The van der Waals surface area contributed by atoms with E-state index >= 15 is 0 Å². The van der Waals surface area contributed by atoms with Gasteiger partial charge in [-0.15, -0.1) is 0 Å². The third-order valence-corrected chi connectivity index (χ3v) is 4.98. The Kier molecular flexibility index (Phi) is 21.3. The van der Waals surface area contributed by atoms with Crippen molar-refractivity contribution < 1.29 is 55.5 Å². The first-order valence-corrected chi connectivity index (χ1v) is 14.0. The molecule has 0 spiro atoms. The zero-order chi connectivity index (χ0) is 37.3. The molecule has 256 valence electrons. The maximum Gasteiger partial charge on any atom is 1.00 e. The standard InChI is InChI=1S/C22H16O3.C20H14O5.Cu/c1-6-8-9-10-11-22(25-21(23)7-2)24-20-14-12-19(13-15-20)18(5)16-17(3)4;1-4-6-7-8-9-20(25-19(23)5-2)24-17-12-10-16(11-13-17)18(22)14-15(3)21;/h5,7,12-16H,1-3H2,4H3;5,10-14,21H,1-2H2,3H3;/q;;+1/p+1/b17-16+;15-14-;. The Morgan fingerprint density at radius 3 is 1.51 bits per heavy atom. The summed E-state index contributed by atoms with van der Waals surface area (Å²) in [4.78, 5) is 32.4. The van der Waals surface area contributed by atoms with Crippen molar-refractivity contribution in [2.45, 2.75) is 13.8 Å². The summed E-state index contributed by atoms with van der Waals surface area (Å²) in [6.07, 6.45) is 4.94. The fourth-order valence-electron chi connectivity index (χ4n) is 2.98. The zero-order valence-electron chi connectivity index (χ0n) is 27.7. The van der Waals surface area contributed by atoms with E-state index in [-0.39, 0.29) is 40.5 Å². The summed E-state index contributed by atoms with van der Waals surface area (Å²) in [5, 5.41) is 9.15. The summed E-state index contributed by atoms with van der Waals surface area (Å²) in [5.74, 6) is -1.35. The van der Waals surface area contributed by atoms with Gasteiger partial charge in [0.1, 0.15) is 11.5 Å². The molecule has 0 fully saturated rings. The third kappa shape index (κ3) is 19.2. The molecule has 8 nitrogen and oxygen atoms in total. The van der Waals surface area contributed by atoms with Gasteiger partial charge >= 0.3 is 46.7 Å². The van der Waals surface area contributed by atoms with Gasteiger partial charge in [-0.1, -0.05) is 31.5 Å². The van der Waals surface area contributed by atoms with Crippen LogP contribution in [-0.2, 0) is 36.1 Å². The number of carbonyl (C=O) groups is 2. The van der Waals surface area contributed by atoms with E-state index in [2.05, 4.69) is 90.6 Å². The van der Waals surface area contributed by atoms with Crippen molar-refractivity contribution in [3.63, 3.8) is 0 Å². The number of ether oxygens (including phenoxy) is 4. The van der Waals surface area contributed by atoms with Gasteiger partial charge in [0.2, 0.25) is 0 Å². The molecular weight excluding hydrogens is 696 g/mol. The van der Waals surface area contributed by atoms with E-state index in [9.17, 15) is 14.4 Å². The Morgan fingerprint density at radius 2 is 1.16 bits per heavy atom. The first-order valence-electron chi connectivity index (χ1n) is 14.0. The molecule has 0 aliphatic carbocycles. The SMILES string of the molecule is C=C=C=C=C=C=C(OC(=O)C=C)Oc1ccc(C(=[OH+])/C=C(/C)O)cc1.[CH+]=C(/C=C(\[CH2-])C)c1ccc(OC(=C=C=C=C=C=C)OC(=O)C=C)cc1.[Cu+]. The predicted octanol–water partition coefficient (Wildman–Crippen LogP) is 8.03. The largest absolute Gasteiger partial charge is 1.00 e. The Bertz CT molecular complexity index is 1950. The molecule has 51 heavy (non-hydrogen) atoms. The fourth-order valence-corrected chi connectivity index (χ4v) is 2.98. The first kappa shape index (κ1) is 43.7. The number of hydrogen-bond acceptors (Lipinski definition) is 7. The minimum Gasteiger partial charge on any atom is -0.512 e. The third-order valence-electron chi connectivity index (χ3n) is 4.98. The second-order valence-corrected chi connectivity index (χ2v) is 9.05. The number of ketones is 1. The van der Waals surface area contributed by atoms with Gasteiger partial charge in [0.25, 0.3) is 0 Å². The van der Waals surface area contributed by atoms with Crippen LogP contribution in [0.2, 0.25) is 0 Å². The molecule has 2 N–H and O–H groups in total. The molecule has 2 aromatic carbocycles. The number of benzene rings is 2. The van der Waals surface area contributed by atoms with Crippen LogP contribution in [0.15, 0.2) is 180 Å². The van der Waals surface area contributed by atoms with Crippen LogP contribution in [0.3, 0.4) is 0 Å². The van der Waals surface area contributed by atoms with Crippen LogP contribution in [0.25, 0.3) is 5.57 Å². The topological polar surface area (TPSA) is 113 Å². The number of aliphatic hydroxyl groups is 1. The average molecular weight is 727 g/mol. The van der Waals surface area contributed by atoms with Gasteiger partial charge in [0.15, 0.2) is 0 Å². The van der Waals surface area contributed by atoms with Gasteiger partial charge < -0.3 is 24.1 Å². The maximum absolute atomic E-state index is 11.3. The van der Waals surface area contributed by atoms with Crippen LogP contribution < -0.4 is 9.47 Å². The molecule has 0 aliphatic rings. The molecule has 2 rings (SSSR count). The predicted molar refractivity (Wildman–Crippen MR) is 189 cm³/mol. The molecule has 9 heteroatoms. The monoisotopic (exact) mass is 726 g/mol. The second-order valence-electron chi connectivity index (χ2n) is 9.05. The van der Waals surface area contributed by atoms with Gasteiger partial charge in [0, 0.05) is 35.7 Å². The van der Waals surface area contributed by atoms with Crippen molar-refractivity contribution in [1.82, 2.24) is 0 Å². The van der Waals surface area contributed by atoms with E-state index < -0.39 is 11.9 Å². The van der Waals surface area contributed by atoms with Crippen molar-refractivity contribution in [3.05, 3.63) is 204 Å². The first-order chi connectivity index (χ1) is 23.9. The molecule has 0 aromatic heterocycles. The van der Waals surface area contributed by atoms with Crippen LogP contribution in [0.4, 0.5) is 0 Å². The number of allylic oxidation sites excluding steroid dienone is 5. The summed E-state index contributed by atoms with van der Waals surface area (Å²) < 4.78 is 20.6. The fraction of sp³-hybridized carbons (Fsp3) is 0.0476. The molecule has 0 bridgehead atoms. The number of carbonyl (C=O) groups excluding carboxylic acids is 3. The molecule has 0 heterocycles. The van der Waals surface area contributed by atoms with E-state index in [4.69, 9.17) is 30.6 Å². The molecule has 0 atom stereocenters. The molecule has 2 aromatic rings. The maximum atomic E-state index is 11.3. The number of hydrogen-bond donors (Lipinski definition) is 1. The average Bonchev–Trinajstić information content (AvgIpc) is 3.08. The minimum atomic E-state index is -0.737. The Hall–Kier alpha value is -7.27. The smallest absolute Gasteiger partial charge is 0.512 e. The van der Waals surface area contributed by atoms with E-state index in [0.29, 0.717) is 22.6 Å². The Labute approximate surface area is 307 Å². The van der Waals surface area contributed by atoms with Gasteiger partial charge in [-0.2, -0.15) is 6.08 Å². The normalized spacial score (nSPS) is 9.04. The van der Waals surface area contributed by atoms with Gasteiger partial charge in [-0.05, 0) is 97.4 Å². The summed E-state index contributed by atoms with van der Waals surface area (Å²) in [6, 6.07) is 13.0. The van der Waals surface area contributed by atoms with Crippen molar-refractivity contribution in [3.8, 4) is 11.5 Å². The van der Waals surface area contributed by atoms with E-state index in [1.54, 1.807) is 42.5 Å². The summed E-state index contributed by atoms with van der Waals surface area (Å²) in [7, 11) is 0. The minimum absolute atomic E-state index is 0. The number of esters is 2. The van der Waals surface area contributed by atoms with Crippen molar-refractivity contribution in [1.29, 1.82) is 0 Å². The van der Waals surface area contributed by atoms with Crippen LogP contribution in [0.5, 0.6) is 11.5 Å². The molecule has 0 unspecified atom stereocenters. The molecular formula is C42H31CuO8+2. The van der Waals surface area contributed by atoms with Crippen LogP contribution in [0.1, 0.15) is 25.0 Å². The summed E-state index contributed by atoms with van der Waals surface area (Å²) >= 11 is 0. The van der Waals surface area contributed by atoms with Crippen LogP contribution >= 0.6 is 0 Å². The summed E-state index contributed by atoms with van der Waals surface area (Å²) in [5.41, 5.74) is 26.9. The molecule has 0 radical (unpaired) electrons. The van der Waals surface area contributed by atoms with Crippen LogP contribution in [-0.4, -0.2) is 27.6 Å². The molecule has 0 saturated carbocycles. The summed E-state index contributed by atoms with van der Waals surface area (Å²) in [6.45, 7) is 26.3. The molecule has 0 amide bonds. The van der Waals surface area contributed by atoms with E-state index in [1.807, 2.05) is 6.92 Å². The van der Waals surface area contributed by atoms with Gasteiger partial charge in [-0.25, -0.2) is 22.1 Å². The zero-order valence-corrected chi connectivity index (χ0v) is 28.6. The Balaban J connectivity index is 0.000000962. The molecule has 0 saturated heterocycles. The van der Waals surface area contributed by atoms with Crippen LogP contribution in [0, 0.1) is 13.5 Å².